The third-order valence-corrected chi connectivity index (χ3v) is 4.28. The fourth-order valence-electron chi connectivity index (χ4n) is 1.98. The van der Waals surface area contributed by atoms with E-state index in [0.29, 0.717) is 6.61 Å². The molecule has 1 aromatic carbocycles. The normalized spacial score (nSPS) is 13.2. The Morgan fingerprint density at radius 2 is 2.05 bits per heavy atom. The third kappa shape index (κ3) is 4.37. The lowest BCUT2D eigenvalue weighted by atomic mass is 10.1. The second-order valence-electron chi connectivity index (χ2n) is 5.41. The molecule has 0 saturated heterocycles. The molecule has 2 rings (SSSR count). The SMILES string of the molecule is Cc1c(C=NC(CO[SiH](C)C)c2ccccc2)ncn1C. The van der Waals surface area contributed by atoms with Crippen molar-refractivity contribution in [3.05, 3.63) is 53.6 Å². The van der Waals surface area contributed by atoms with E-state index < -0.39 is 9.04 Å². The fraction of sp³-hybridized carbons (Fsp3) is 0.375. The van der Waals surface area contributed by atoms with Gasteiger partial charge in [0.1, 0.15) is 5.69 Å². The lowest BCUT2D eigenvalue weighted by Crippen LogP contribution is -2.14. The maximum absolute atomic E-state index is 5.88. The lowest BCUT2D eigenvalue weighted by Gasteiger charge is -2.15. The lowest BCUT2D eigenvalue weighted by molar-refractivity contribution is 0.299. The van der Waals surface area contributed by atoms with Gasteiger partial charge in [-0.05, 0) is 25.6 Å². The number of aromatic nitrogens is 2. The van der Waals surface area contributed by atoms with E-state index in [1.54, 1.807) is 0 Å². The van der Waals surface area contributed by atoms with Crippen LogP contribution in [0.4, 0.5) is 0 Å². The molecule has 1 atom stereocenters. The van der Waals surface area contributed by atoms with Gasteiger partial charge in [-0.25, -0.2) is 4.98 Å². The molecule has 0 aliphatic rings. The van der Waals surface area contributed by atoms with Crippen molar-refractivity contribution in [1.82, 2.24) is 9.55 Å². The van der Waals surface area contributed by atoms with Crippen LogP contribution < -0.4 is 0 Å². The van der Waals surface area contributed by atoms with Crippen molar-refractivity contribution in [2.75, 3.05) is 6.61 Å². The molecule has 1 aromatic heterocycles. The largest absolute Gasteiger partial charge is 0.418 e. The van der Waals surface area contributed by atoms with Gasteiger partial charge in [-0.1, -0.05) is 30.3 Å². The van der Waals surface area contributed by atoms with Crippen molar-refractivity contribution in [3.8, 4) is 0 Å². The minimum Gasteiger partial charge on any atom is -0.418 e. The Balaban J connectivity index is 2.17. The van der Waals surface area contributed by atoms with Crippen molar-refractivity contribution in [3.63, 3.8) is 0 Å². The molecule has 0 amide bonds. The first-order valence-corrected chi connectivity index (χ1v) is 10.0. The molecule has 0 fully saturated rings. The van der Waals surface area contributed by atoms with Gasteiger partial charge >= 0.3 is 0 Å². The molecule has 0 saturated carbocycles. The molecule has 4 nitrogen and oxygen atoms in total. The van der Waals surface area contributed by atoms with Crippen molar-refractivity contribution in [2.24, 2.45) is 12.0 Å². The smallest absolute Gasteiger partial charge is 0.171 e. The highest BCUT2D eigenvalue weighted by Crippen LogP contribution is 2.18. The van der Waals surface area contributed by atoms with Crippen LogP contribution in [-0.2, 0) is 11.5 Å². The summed E-state index contributed by atoms with van der Waals surface area (Å²) < 4.78 is 7.88. The molecule has 112 valence electrons. The van der Waals surface area contributed by atoms with Crippen molar-refractivity contribution >= 4 is 15.3 Å². The van der Waals surface area contributed by atoms with Crippen molar-refractivity contribution in [2.45, 2.75) is 26.1 Å². The van der Waals surface area contributed by atoms with Crippen LogP contribution in [0.2, 0.25) is 13.1 Å². The van der Waals surface area contributed by atoms with E-state index in [-0.39, 0.29) is 6.04 Å². The summed E-state index contributed by atoms with van der Waals surface area (Å²) in [4.78, 5) is 9.06. The number of aliphatic imine (C=N–C) groups is 1. The van der Waals surface area contributed by atoms with Crippen molar-refractivity contribution in [1.29, 1.82) is 0 Å². The van der Waals surface area contributed by atoms with E-state index in [0.717, 1.165) is 11.4 Å². The molecule has 0 bridgehead atoms. The van der Waals surface area contributed by atoms with E-state index in [1.165, 1.54) is 5.56 Å². The zero-order valence-corrected chi connectivity index (χ0v) is 14.3. The molecule has 21 heavy (non-hydrogen) atoms. The number of hydrogen-bond acceptors (Lipinski definition) is 3. The Bertz CT molecular complexity index is 593. The molecule has 0 radical (unpaired) electrons. The predicted molar refractivity (Wildman–Crippen MR) is 89.6 cm³/mol. The first-order valence-electron chi connectivity index (χ1n) is 7.25. The standard InChI is InChI=1S/C16H23N3OSi/c1-13-15(18-12-19(13)2)10-17-16(11-20-21(3)4)14-8-6-5-7-9-14/h5-10,12,16,21H,11H2,1-4H3. The van der Waals surface area contributed by atoms with Gasteiger partial charge in [0.15, 0.2) is 9.04 Å². The van der Waals surface area contributed by atoms with Gasteiger partial charge in [-0.15, -0.1) is 0 Å². The molecule has 1 heterocycles. The minimum atomic E-state index is -1.05. The summed E-state index contributed by atoms with van der Waals surface area (Å²) in [6, 6.07) is 10.3. The van der Waals surface area contributed by atoms with E-state index >= 15 is 0 Å². The Hall–Kier alpha value is -1.72. The quantitative estimate of drug-likeness (QED) is 0.608. The second-order valence-corrected chi connectivity index (χ2v) is 7.84. The van der Waals surface area contributed by atoms with Gasteiger partial charge in [0.2, 0.25) is 0 Å². The zero-order chi connectivity index (χ0) is 15.2. The summed E-state index contributed by atoms with van der Waals surface area (Å²) in [5, 5.41) is 0. The molecule has 0 aliphatic carbocycles. The molecule has 0 aliphatic heterocycles. The molecule has 0 N–H and O–H groups in total. The predicted octanol–water partition coefficient (Wildman–Crippen LogP) is 2.89. The summed E-state index contributed by atoms with van der Waals surface area (Å²) in [6.07, 6.45) is 3.67. The summed E-state index contributed by atoms with van der Waals surface area (Å²) in [7, 11) is 0.940. The third-order valence-electron chi connectivity index (χ3n) is 3.42. The minimum absolute atomic E-state index is 0.0301. The van der Waals surface area contributed by atoms with Crippen LogP contribution in [-0.4, -0.2) is 31.4 Å². The van der Waals surface area contributed by atoms with Crippen LogP contribution in [0.15, 0.2) is 41.7 Å². The molecule has 5 heteroatoms. The molecule has 2 aromatic rings. The van der Waals surface area contributed by atoms with Gasteiger partial charge in [0.25, 0.3) is 0 Å². The van der Waals surface area contributed by atoms with Crippen LogP contribution in [0.3, 0.4) is 0 Å². The Kier molecular flexibility index (Phi) is 5.47. The van der Waals surface area contributed by atoms with Gasteiger partial charge in [0.05, 0.1) is 19.0 Å². The number of aryl methyl sites for hydroxylation is 1. The molecule has 1 unspecified atom stereocenters. The van der Waals surface area contributed by atoms with Crippen molar-refractivity contribution < 1.29 is 4.43 Å². The summed E-state index contributed by atoms with van der Waals surface area (Å²) in [5.74, 6) is 0. The van der Waals surface area contributed by atoms with Gasteiger partial charge < -0.3 is 8.99 Å². The van der Waals surface area contributed by atoms with Gasteiger partial charge in [0, 0.05) is 19.0 Å². The first kappa shape index (κ1) is 15.7. The van der Waals surface area contributed by atoms with Crippen LogP contribution in [0, 0.1) is 6.92 Å². The summed E-state index contributed by atoms with van der Waals surface area (Å²) >= 11 is 0. The topological polar surface area (TPSA) is 39.4 Å². The number of benzene rings is 1. The molecule has 0 spiro atoms. The first-order chi connectivity index (χ1) is 10.1. The maximum Gasteiger partial charge on any atom is 0.171 e. The highest BCUT2D eigenvalue weighted by atomic mass is 28.3. The average Bonchev–Trinajstić information content (AvgIpc) is 2.80. The highest BCUT2D eigenvalue weighted by molar-refractivity contribution is 6.48. The average molecular weight is 301 g/mol. The number of imidazole rings is 1. The Labute approximate surface area is 128 Å². The summed E-state index contributed by atoms with van der Waals surface area (Å²) in [5.41, 5.74) is 3.21. The number of rotatable bonds is 6. The molecular formula is C16H23N3OSi. The second kappa shape index (κ2) is 7.33. The van der Waals surface area contributed by atoms with Gasteiger partial charge in [-0.3, -0.25) is 4.99 Å². The van der Waals surface area contributed by atoms with E-state index in [4.69, 9.17) is 9.42 Å². The highest BCUT2D eigenvalue weighted by Gasteiger charge is 2.11. The Morgan fingerprint density at radius 1 is 1.33 bits per heavy atom. The van der Waals surface area contributed by atoms with E-state index in [1.807, 2.05) is 49.3 Å². The maximum atomic E-state index is 5.88. The monoisotopic (exact) mass is 301 g/mol. The van der Waals surface area contributed by atoms with E-state index in [9.17, 15) is 0 Å². The summed E-state index contributed by atoms with van der Waals surface area (Å²) in [6.45, 7) is 7.03. The fourth-order valence-corrected chi connectivity index (χ4v) is 2.55. The van der Waals surface area contributed by atoms with Crippen LogP contribution in [0.1, 0.15) is 23.0 Å². The van der Waals surface area contributed by atoms with Gasteiger partial charge in [-0.2, -0.15) is 0 Å². The zero-order valence-electron chi connectivity index (χ0n) is 13.2. The number of hydrogen-bond donors (Lipinski definition) is 0. The van der Waals surface area contributed by atoms with Crippen LogP contribution in [0.5, 0.6) is 0 Å². The van der Waals surface area contributed by atoms with Crippen LogP contribution >= 0.6 is 0 Å². The Morgan fingerprint density at radius 3 is 2.62 bits per heavy atom. The van der Waals surface area contributed by atoms with E-state index in [2.05, 4.69) is 30.2 Å². The van der Waals surface area contributed by atoms with Crippen LogP contribution in [0.25, 0.3) is 0 Å². The number of nitrogens with zero attached hydrogens (tertiary/aromatic N) is 3. The molecular weight excluding hydrogens is 278 g/mol.